The van der Waals surface area contributed by atoms with Crippen LogP contribution in [0.5, 0.6) is 17.2 Å². The largest absolute Gasteiger partial charge is 0.496 e. The molecule has 0 aliphatic carbocycles. The minimum Gasteiger partial charge on any atom is -0.496 e. The number of ether oxygens (including phenoxy) is 3. The molecule has 0 fully saturated rings. The van der Waals surface area contributed by atoms with Crippen LogP contribution in [0, 0.1) is 11.6 Å². The molecule has 0 atom stereocenters. The van der Waals surface area contributed by atoms with Crippen molar-refractivity contribution in [2.45, 2.75) is 6.42 Å². The first-order chi connectivity index (χ1) is 12.0. The number of rotatable bonds is 7. The van der Waals surface area contributed by atoms with E-state index in [0.717, 1.165) is 6.07 Å². The lowest BCUT2D eigenvalue weighted by Gasteiger charge is -2.14. The summed E-state index contributed by atoms with van der Waals surface area (Å²) in [6, 6.07) is 6.32. The highest BCUT2D eigenvalue weighted by Gasteiger charge is 2.17. The van der Waals surface area contributed by atoms with Gasteiger partial charge in [-0.1, -0.05) is 0 Å². The highest BCUT2D eigenvalue weighted by Crippen LogP contribution is 2.34. The van der Waals surface area contributed by atoms with Crippen molar-refractivity contribution >= 4 is 5.91 Å². The van der Waals surface area contributed by atoms with Crippen molar-refractivity contribution in [2.24, 2.45) is 0 Å². The molecule has 2 aromatic carbocycles. The highest BCUT2D eigenvalue weighted by atomic mass is 19.1. The molecule has 25 heavy (non-hydrogen) atoms. The number of hydrogen-bond acceptors (Lipinski definition) is 4. The van der Waals surface area contributed by atoms with Gasteiger partial charge in [-0.3, -0.25) is 4.79 Å². The van der Waals surface area contributed by atoms with Gasteiger partial charge >= 0.3 is 0 Å². The van der Waals surface area contributed by atoms with Gasteiger partial charge < -0.3 is 19.5 Å². The molecular weight excluding hydrogens is 332 g/mol. The van der Waals surface area contributed by atoms with E-state index in [2.05, 4.69) is 5.32 Å². The predicted octanol–water partition coefficient (Wildman–Crippen LogP) is 2.96. The topological polar surface area (TPSA) is 56.8 Å². The van der Waals surface area contributed by atoms with Crippen molar-refractivity contribution in [1.82, 2.24) is 5.32 Å². The SMILES string of the molecule is COc1cc(OC)c(C(=O)NCCc2cc(F)cc(F)c2)cc1OC. The summed E-state index contributed by atoms with van der Waals surface area (Å²) in [6.07, 6.45) is 0.288. The van der Waals surface area contributed by atoms with Gasteiger partial charge in [0.25, 0.3) is 5.91 Å². The Morgan fingerprint density at radius 3 is 2.00 bits per heavy atom. The van der Waals surface area contributed by atoms with E-state index >= 15 is 0 Å². The lowest BCUT2D eigenvalue weighted by Crippen LogP contribution is -2.26. The molecule has 1 N–H and O–H groups in total. The molecule has 0 saturated heterocycles. The Morgan fingerprint density at radius 1 is 0.880 bits per heavy atom. The van der Waals surface area contributed by atoms with Crippen LogP contribution in [-0.2, 0) is 6.42 Å². The second-order valence-electron chi connectivity index (χ2n) is 5.19. The van der Waals surface area contributed by atoms with Gasteiger partial charge in [-0.2, -0.15) is 0 Å². The molecule has 1 amide bonds. The smallest absolute Gasteiger partial charge is 0.255 e. The summed E-state index contributed by atoms with van der Waals surface area (Å²) in [6.45, 7) is 0.208. The summed E-state index contributed by atoms with van der Waals surface area (Å²) in [5.74, 6) is -0.542. The summed E-state index contributed by atoms with van der Waals surface area (Å²) in [5, 5.41) is 2.69. The second-order valence-corrected chi connectivity index (χ2v) is 5.19. The molecule has 0 aromatic heterocycles. The normalized spacial score (nSPS) is 10.3. The molecule has 0 aliphatic rings. The minimum absolute atomic E-state index is 0.208. The molecule has 134 valence electrons. The van der Waals surface area contributed by atoms with Gasteiger partial charge in [0.2, 0.25) is 0 Å². The number of carbonyl (C=O) groups excluding carboxylic acids is 1. The quantitative estimate of drug-likeness (QED) is 0.833. The van der Waals surface area contributed by atoms with Gasteiger partial charge in [0.1, 0.15) is 17.4 Å². The maximum atomic E-state index is 13.2. The number of hydrogen-bond donors (Lipinski definition) is 1. The van der Waals surface area contributed by atoms with E-state index in [0.29, 0.717) is 22.8 Å². The number of halogens is 2. The Balaban J connectivity index is 2.09. The third kappa shape index (κ3) is 4.59. The fourth-order valence-corrected chi connectivity index (χ4v) is 2.38. The molecule has 0 saturated carbocycles. The van der Waals surface area contributed by atoms with Gasteiger partial charge in [-0.15, -0.1) is 0 Å². The third-order valence-electron chi connectivity index (χ3n) is 3.57. The first-order valence-corrected chi connectivity index (χ1v) is 7.51. The lowest BCUT2D eigenvalue weighted by molar-refractivity contribution is 0.0950. The van der Waals surface area contributed by atoms with E-state index in [4.69, 9.17) is 14.2 Å². The Morgan fingerprint density at radius 2 is 1.44 bits per heavy atom. The summed E-state index contributed by atoms with van der Waals surface area (Å²) in [4.78, 5) is 12.4. The monoisotopic (exact) mass is 351 g/mol. The van der Waals surface area contributed by atoms with Crippen LogP contribution in [0.15, 0.2) is 30.3 Å². The molecule has 0 heterocycles. The van der Waals surface area contributed by atoms with Gasteiger partial charge in [-0.25, -0.2) is 8.78 Å². The van der Waals surface area contributed by atoms with Gasteiger partial charge in [0, 0.05) is 24.7 Å². The van der Waals surface area contributed by atoms with Crippen molar-refractivity contribution in [2.75, 3.05) is 27.9 Å². The van der Waals surface area contributed by atoms with Crippen molar-refractivity contribution in [1.29, 1.82) is 0 Å². The minimum atomic E-state index is -0.650. The van der Waals surface area contributed by atoms with Crippen LogP contribution < -0.4 is 19.5 Å². The fourth-order valence-electron chi connectivity index (χ4n) is 2.38. The van der Waals surface area contributed by atoms with E-state index in [1.807, 2.05) is 0 Å². The average Bonchev–Trinajstić information content (AvgIpc) is 2.59. The van der Waals surface area contributed by atoms with Crippen molar-refractivity contribution < 1.29 is 27.8 Å². The second kappa shape index (κ2) is 8.32. The maximum absolute atomic E-state index is 13.2. The molecule has 0 radical (unpaired) electrons. The van der Waals surface area contributed by atoms with Gasteiger partial charge in [-0.05, 0) is 24.1 Å². The number of amides is 1. The maximum Gasteiger partial charge on any atom is 0.255 e. The van der Waals surface area contributed by atoms with Crippen molar-refractivity contribution in [3.05, 3.63) is 53.1 Å². The highest BCUT2D eigenvalue weighted by molar-refractivity contribution is 5.97. The van der Waals surface area contributed by atoms with E-state index in [9.17, 15) is 13.6 Å². The molecule has 7 heteroatoms. The Hall–Kier alpha value is -2.83. The number of nitrogens with one attached hydrogen (secondary N) is 1. The predicted molar refractivity (Wildman–Crippen MR) is 88.5 cm³/mol. The molecular formula is C18H19F2NO4. The van der Waals surface area contributed by atoms with Gasteiger partial charge in [0.05, 0.1) is 26.9 Å². The first-order valence-electron chi connectivity index (χ1n) is 7.51. The first kappa shape index (κ1) is 18.5. The van der Waals surface area contributed by atoms with Crippen LogP contribution in [0.25, 0.3) is 0 Å². The third-order valence-corrected chi connectivity index (χ3v) is 3.57. The van der Waals surface area contributed by atoms with Crippen LogP contribution in [0.1, 0.15) is 15.9 Å². The van der Waals surface area contributed by atoms with Crippen LogP contribution in [-0.4, -0.2) is 33.8 Å². The summed E-state index contributed by atoms with van der Waals surface area (Å²) in [7, 11) is 4.38. The molecule has 2 rings (SSSR count). The van der Waals surface area contributed by atoms with Crippen LogP contribution >= 0.6 is 0 Å². The zero-order valence-corrected chi connectivity index (χ0v) is 14.2. The van der Waals surface area contributed by atoms with Crippen molar-refractivity contribution in [3.8, 4) is 17.2 Å². The molecule has 5 nitrogen and oxygen atoms in total. The molecule has 0 bridgehead atoms. The van der Waals surface area contributed by atoms with E-state index < -0.39 is 17.5 Å². The molecule has 0 aliphatic heterocycles. The number of methoxy groups -OCH3 is 3. The summed E-state index contributed by atoms with van der Waals surface area (Å²) in [5.41, 5.74) is 0.725. The fraction of sp³-hybridized carbons (Fsp3) is 0.278. The summed E-state index contributed by atoms with van der Waals surface area (Å²) >= 11 is 0. The molecule has 2 aromatic rings. The molecule has 0 spiro atoms. The van der Waals surface area contributed by atoms with Crippen LogP contribution in [0.3, 0.4) is 0 Å². The Bertz CT molecular complexity index is 745. The van der Waals surface area contributed by atoms with Gasteiger partial charge in [0.15, 0.2) is 11.5 Å². The Labute approximate surface area is 144 Å². The zero-order valence-electron chi connectivity index (χ0n) is 14.2. The standard InChI is InChI=1S/C18H19F2NO4/c1-23-15-10-17(25-3)16(24-2)9-14(15)18(22)21-5-4-11-6-12(19)8-13(20)7-11/h6-10H,4-5H2,1-3H3,(H,21,22). The van der Waals surface area contributed by atoms with Crippen molar-refractivity contribution in [3.63, 3.8) is 0 Å². The summed E-state index contributed by atoms with van der Waals surface area (Å²) < 4.78 is 41.9. The molecule has 0 unspecified atom stereocenters. The zero-order chi connectivity index (χ0) is 18.4. The van der Waals surface area contributed by atoms with Crippen LogP contribution in [0.4, 0.5) is 8.78 Å². The number of carbonyl (C=O) groups is 1. The Kier molecular flexibility index (Phi) is 6.16. The van der Waals surface area contributed by atoms with E-state index in [1.165, 1.54) is 39.5 Å². The van der Waals surface area contributed by atoms with E-state index in [-0.39, 0.29) is 18.5 Å². The lowest BCUT2D eigenvalue weighted by atomic mass is 10.1. The van der Waals surface area contributed by atoms with Crippen LogP contribution in [0.2, 0.25) is 0 Å². The average molecular weight is 351 g/mol. The van der Waals surface area contributed by atoms with E-state index in [1.54, 1.807) is 6.07 Å². The number of benzene rings is 2.